The normalized spacial score (nSPS) is 14.8. The zero-order chi connectivity index (χ0) is 14.3. The lowest BCUT2D eigenvalue weighted by Crippen LogP contribution is -2.02. The molecule has 0 radical (unpaired) electrons. The SMILES string of the molecule is Fc1cc(F)c(C(Br)c2ccc3c(c2)CCO3)c(F)c1. The van der Waals surface area contributed by atoms with Gasteiger partial charge in [0.2, 0.25) is 0 Å². The second-order valence-corrected chi connectivity index (χ2v) is 5.53. The van der Waals surface area contributed by atoms with E-state index in [9.17, 15) is 13.2 Å². The third-order valence-corrected chi connectivity index (χ3v) is 4.29. The van der Waals surface area contributed by atoms with Gasteiger partial charge in [0.15, 0.2) is 0 Å². The minimum Gasteiger partial charge on any atom is -0.493 e. The molecule has 1 aliphatic rings. The number of hydrogen-bond donors (Lipinski definition) is 0. The molecule has 3 rings (SSSR count). The molecule has 1 unspecified atom stereocenters. The second kappa shape index (κ2) is 5.13. The van der Waals surface area contributed by atoms with E-state index in [1.807, 2.05) is 6.07 Å². The van der Waals surface area contributed by atoms with Gasteiger partial charge in [0.05, 0.1) is 11.4 Å². The molecule has 0 amide bonds. The number of hydrogen-bond acceptors (Lipinski definition) is 1. The Bertz CT molecular complexity index is 649. The van der Waals surface area contributed by atoms with Crippen molar-refractivity contribution < 1.29 is 17.9 Å². The van der Waals surface area contributed by atoms with Crippen LogP contribution in [0.4, 0.5) is 13.2 Å². The molecule has 0 spiro atoms. The Balaban J connectivity index is 2.03. The Labute approximate surface area is 122 Å². The van der Waals surface area contributed by atoms with Crippen molar-refractivity contribution in [3.63, 3.8) is 0 Å². The van der Waals surface area contributed by atoms with Gasteiger partial charge in [-0.25, -0.2) is 13.2 Å². The Kier molecular flexibility index (Phi) is 3.46. The van der Waals surface area contributed by atoms with Gasteiger partial charge in [-0.1, -0.05) is 28.1 Å². The molecule has 20 heavy (non-hydrogen) atoms. The molecule has 104 valence electrons. The average molecular weight is 343 g/mol. The van der Waals surface area contributed by atoms with Gasteiger partial charge in [0.25, 0.3) is 0 Å². The highest BCUT2D eigenvalue weighted by molar-refractivity contribution is 9.09. The summed E-state index contributed by atoms with van der Waals surface area (Å²) in [5, 5.41) is 0. The first-order valence-electron chi connectivity index (χ1n) is 6.10. The van der Waals surface area contributed by atoms with Crippen LogP contribution in [0.15, 0.2) is 30.3 Å². The maximum atomic E-state index is 13.8. The van der Waals surface area contributed by atoms with Crippen LogP contribution < -0.4 is 4.74 Å². The highest BCUT2D eigenvalue weighted by Gasteiger charge is 2.22. The van der Waals surface area contributed by atoms with Gasteiger partial charge < -0.3 is 4.74 Å². The average Bonchev–Trinajstić information content (AvgIpc) is 2.84. The van der Waals surface area contributed by atoms with Crippen LogP contribution in [-0.4, -0.2) is 6.61 Å². The fourth-order valence-electron chi connectivity index (χ4n) is 2.33. The Hall–Kier alpha value is -1.49. The van der Waals surface area contributed by atoms with Crippen LogP contribution in [0.3, 0.4) is 0 Å². The molecule has 0 bridgehead atoms. The number of alkyl halides is 1. The van der Waals surface area contributed by atoms with Gasteiger partial charge in [-0.05, 0) is 17.2 Å². The van der Waals surface area contributed by atoms with E-state index >= 15 is 0 Å². The van der Waals surface area contributed by atoms with Crippen molar-refractivity contribution in [2.24, 2.45) is 0 Å². The highest BCUT2D eigenvalue weighted by atomic mass is 79.9. The summed E-state index contributed by atoms with van der Waals surface area (Å²) in [5.74, 6) is -1.93. The molecule has 0 fully saturated rings. The molecule has 1 aliphatic heterocycles. The largest absolute Gasteiger partial charge is 0.493 e. The molecular formula is C15H10BrF3O. The quantitative estimate of drug-likeness (QED) is 0.729. The van der Waals surface area contributed by atoms with E-state index in [-0.39, 0.29) is 5.56 Å². The summed E-state index contributed by atoms with van der Waals surface area (Å²) in [6, 6.07) is 6.74. The number of halogens is 4. The van der Waals surface area contributed by atoms with Crippen LogP contribution in [0.5, 0.6) is 5.75 Å². The van der Waals surface area contributed by atoms with Crippen molar-refractivity contribution in [1.82, 2.24) is 0 Å². The van der Waals surface area contributed by atoms with E-state index in [0.717, 1.165) is 17.7 Å². The number of benzene rings is 2. The topological polar surface area (TPSA) is 9.23 Å². The van der Waals surface area contributed by atoms with E-state index in [1.165, 1.54) is 0 Å². The van der Waals surface area contributed by atoms with E-state index < -0.39 is 22.3 Å². The Morgan fingerprint density at radius 2 is 1.75 bits per heavy atom. The standard InChI is InChI=1S/C15H10BrF3O/c16-15(14-11(18)6-10(17)7-12(14)19)9-1-2-13-8(5-9)3-4-20-13/h1-2,5-7,15H,3-4H2. The summed E-state index contributed by atoms with van der Waals surface area (Å²) in [4.78, 5) is -0.672. The van der Waals surface area contributed by atoms with Gasteiger partial charge in [0, 0.05) is 24.1 Å². The monoisotopic (exact) mass is 342 g/mol. The van der Waals surface area contributed by atoms with Crippen LogP contribution in [-0.2, 0) is 6.42 Å². The van der Waals surface area contributed by atoms with Gasteiger partial charge in [-0.3, -0.25) is 0 Å². The maximum absolute atomic E-state index is 13.8. The van der Waals surface area contributed by atoms with Gasteiger partial charge in [-0.2, -0.15) is 0 Å². The van der Waals surface area contributed by atoms with Crippen LogP contribution in [0.2, 0.25) is 0 Å². The highest BCUT2D eigenvalue weighted by Crippen LogP contribution is 2.37. The van der Waals surface area contributed by atoms with Crippen LogP contribution in [0.1, 0.15) is 21.5 Å². The van der Waals surface area contributed by atoms with Crippen LogP contribution >= 0.6 is 15.9 Å². The van der Waals surface area contributed by atoms with Gasteiger partial charge >= 0.3 is 0 Å². The summed E-state index contributed by atoms with van der Waals surface area (Å²) in [6.07, 6.45) is 0.775. The zero-order valence-electron chi connectivity index (χ0n) is 10.3. The van der Waals surface area contributed by atoms with E-state index in [1.54, 1.807) is 12.1 Å². The van der Waals surface area contributed by atoms with E-state index in [2.05, 4.69) is 15.9 Å². The Morgan fingerprint density at radius 3 is 2.45 bits per heavy atom. The minimum absolute atomic E-state index is 0.190. The first-order chi connectivity index (χ1) is 9.56. The minimum atomic E-state index is -0.925. The summed E-state index contributed by atoms with van der Waals surface area (Å²) >= 11 is 3.29. The molecule has 1 heterocycles. The van der Waals surface area contributed by atoms with Crippen molar-refractivity contribution >= 4 is 15.9 Å². The number of rotatable bonds is 2. The van der Waals surface area contributed by atoms with Crippen molar-refractivity contribution in [2.75, 3.05) is 6.61 Å². The van der Waals surface area contributed by atoms with Crippen molar-refractivity contribution in [3.05, 3.63) is 64.5 Å². The summed E-state index contributed by atoms with van der Waals surface area (Å²) in [5.41, 5.74) is 1.53. The third kappa shape index (κ3) is 2.30. The molecule has 2 aromatic rings. The molecule has 0 aliphatic carbocycles. The lowest BCUT2D eigenvalue weighted by atomic mass is 10.0. The second-order valence-electron chi connectivity index (χ2n) is 4.61. The molecular weight excluding hydrogens is 333 g/mol. The fourth-order valence-corrected chi connectivity index (χ4v) is 3.05. The Morgan fingerprint density at radius 1 is 1.05 bits per heavy atom. The molecule has 0 saturated heterocycles. The lowest BCUT2D eigenvalue weighted by Gasteiger charge is -2.14. The van der Waals surface area contributed by atoms with Crippen LogP contribution in [0, 0.1) is 17.5 Å². The van der Waals surface area contributed by atoms with E-state index in [0.29, 0.717) is 24.3 Å². The first-order valence-corrected chi connectivity index (χ1v) is 7.02. The number of ether oxygens (including phenoxy) is 1. The molecule has 0 N–H and O–H groups in total. The predicted octanol–water partition coefficient (Wildman–Crippen LogP) is 4.52. The fraction of sp³-hybridized carbons (Fsp3) is 0.200. The van der Waals surface area contributed by atoms with E-state index in [4.69, 9.17) is 4.74 Å². The third-order valence-electron chi connectivity index (χ3n) is 3.30. The molecule has 5 heteroatoms. The number of fused-ring (bicyclic) bond motifs is 1. The molecule has 1 atom stereocenters. The maximum Gasteiger partial charge on any atom is 0.133 e. The molecule has 2 aromatic carbocycles. The summed E-state index contributed by atoms with van der Waals surface area (Å²) in [6.45, 7) is 0.616. The van der Waals surface area contributed by atoms with Crippen molar-refractivity contribution in [3.8, 4) is 5.75 Å². The van der Waals surface area contributed by atoms with Crippen LogP contribution in [0.25, 0.3) is 0 Å². The van der Waals surface area contributed by atoms with Crippen molar-refractivity contribution in [1.29, 1.82) is 0 Å². The first kappa shape index (κ1) is 13.5. The predicted molar refractivity (Wildman–Crippen MR) is 72.7 cm³/mol. The zero-order valence-corrected chi connectivity index (χ0v) is 11.9. The van der Waals surface area contributed by atoms with Crippen molar-refractivity contribution in [2.45, 2.75) is 11.2 Å². The lowest BCUT2D eigenvalue weighted by molar-refractivity contribution is 0.357. The van der Waals surface area contributed by atoms with Gasteiger partial charge in [0.1, 0.15) is 23.2 Å². The summed E-state index contributed by atoms with van der Waals surface area (Å²) < 4.78 is 45.9. The van der Waals surface area contributed by atoms with Gasteiger partial charge in [-0.15, -0.1) is 0 Å². The molecule has 1 nitrogen and oxygen atoms in total. The molecule has 0 aromatic heterocycles. The molecule has 0 saturated carbocycles. The summed E-state index contributed by atoms with van der Waals surface area (Å²) in [7, 11) is 0. The smallest absolute Gasteiger partial charge is 0.133 e.